The zero-order chi connectivity index (χ0) is 45.8. The van der Waals surface area contributed by atoms with E-state index in [9.17, 15) is 14.4 Å². The third-order valence-corrected chi connectivity index (χ3v) is 9.95. The molecule has 1 atom stereocenters. The molecular formula is C57H90O6. The highest BCUT2D eigenvalue weighted by molar-refractivity contribution is 5.71. The highest BCUT2D eigenvalue weighted by Gasteiger charge is 2.19. The summed E-state index contributed by atoms with van der Waals surface area (Å²) in [5.74, 6) is -1.08. The van der Waals surface area contributed by atoms with Crippen LogP contribution < -0.4 is 0 Å². The Labute approximate surface area is 386 Å². The first-order chi connectivity index (χ1) is 31.0. The minimum absolute atomic E-state index is 0.133. The number of rotatable bonds is 43. The summed E-state index contributed by atoms with van der Waals surface area (Å²) in [6.45, 7) is 6.32. The van der Waals surface area contributed by atoms with Crippen LogP contribution in [0.5, 0.6) is 0 Å². The van der Waals surface area contributed by atoms with Gasteiger partial charge in [0.1, 0.15) is 13.2 Å². The third-order valence-electron chi connectivity index (χ3n) is 9.95. The van der Waals surface area contributed by atoms with Crippen molar-refractivity contribution in [3.63, 3.8) is 0 Å². The van der Waals surface area contributed by atoms with E-state index < -0.39 is 6.10 Å². The Morgan fingerprint density at radius 2 is 0.698 bits per heavy atom. The second kappa shape index (κ2) is 50.5. The molecule has 0 rings (SSSR count). The lowest BCUT2D eigenvalue weighted by atomic mass is 10.1. The molecule has 0 spiro atoms. The van der Waals surface area contributed by atoms with E-state index >= 15 is 0 Å². The van der Waals surface area contributed by atoms with Crippen LogP contribution >= 0.6 is 0 Å². The largest absolute Gasteiger partial charge is 0.462 e. The first-order valence-corrected chi connectivity index (χ1v) is 25.1. The summed E-state index contributed by atoms with van der Waals surface area (Å²) in [6, 6.07) is 0. The maximum absolute atomic E-state index is 12.8. The van der Waals surface area contributed by atoms with Crippen LogP contribution in [0.1, 0.15) is 201 Å². The van der Waals surface area contributed by atoms with Crippen LogP contribution in [0.25, 0.3) is 0 Å². The van der Waals surface area contributed by atoms with Crippen LogP contribution in [0.4, 0.5) is 0 Å². The molecule has 0 aliphatic heterocycles. The molecule has 0 aromatic carbocycles. The number of hydrogen-bond donors (Lipinski definition) is 0. The number of esters is 3. The number of carbonyl (C=O) groups is 3. The van der Waals surface area contributed by atoms with Crippen molar-refractivity contribution in [2.45, 2.75) is 207 Å². The average Bonchev–Trinajstić information content (AvgIpc) is 3.28. The maximum atomic E-state index is 12.8. The summed E-state index contributed by atoms with van der Waals surface area (Å²) >= 11 is 0. The number of hydrogen-bond acceptors (Lipinski definition) is 6. The average molecular weight is 871 g/mol. The van der Waals surface area contributed by atoms with E-state index in [1.807, 2.05) is 0 Å². The molecule has 0 aliphatic carbocycles. The van der Waals surface area contributed by atoms with Crippen LogP contribution in [-0.2, 0) is 28.6 Å². The Morgan fingerprint density at radius 1 is 0.349 bits per heavy atom. The van der Waals surface area contributed by atoms with Gasteiger partial charge in [0.2, 0.25) is 0 Å². The Bertz CT molecular complexity index is 1370. The third kappa shape index (κ3) is 48.7. The summed E-state index contributed by atoms with van der Waals surface area (Å²) in [5, 5.41) is 0. The molecule has 0 bridgehead atoms. The van der Waals surface area contributed by atoms with Gasteiger partial charge in [0, 0.05) is 19.3 Å². The van der Waals surface area contributed by atoms with Gasteiger partial charge in [-0.3, -0.25) is 14.4 Å². The molecule has 6 heteroatoms. The summed E-state index contributed by atoms with van der Waals surface area (Å²) in [5.41, 5.74) is 0. The van der Waals surface area contributed by atoms with Crippen LogP contribution in [0.2, 0.25) is 0 Å². The lowest BCUT2D eigenvalue weighted by Crippen LogP contribution is -2.30. The number of allylic oxidation sites excluding steroid dienone is 20. The van der Waals surface area contributed by atoms with Gasteiger partial charge in [0.05, 0.1) is 0 Å². The molecule has 0 aliphatic rings. The van der Waals surface area contributed by atoms with Gasteiger partial charge in [-0.25, -0.2) is 0 Å². The van der Waals surface area contributed by atoms with Gasteiger partial charge in [0.15, 0.2) is 6.10 Å². The number of ether oxygens (including phenoxy) is 3. The van der Waals surface area contributed by atoms with Crippen molar-refractivity contribution in [3.8, 4) is 0 Å². The van der Waals surface area contributed by atoms with E-state index in [0.29, 0.717) is 19.3 Å². The predicted octanol–water partition coefficient (Wildman–Crippen LogP) is 16.5. The van der Waals surface area contributed by atoms with E-state index in [0.717, 1.165) is 89.9 Å². The zero-order valence-corrected chi connectivity index (χ0v) is 40.3. The fraction of sp³-hybridized carbons (Fsp3) is 0.596. The molecule has 63 heavy (non-hydrogen) atoms. The van der Waals surface area contributed by atoms with Crippen molar-refractivity contribution >= 4 is 17.9 Å². The van der Waals surface area contributed by atoms with Gasteiger partial charge in [-0.05, 0) is 109 Å². The molecule has 0 fully saturated rings. The Hall–Kier alpha value is -4.19. The summed E-state index contributed by atoms with van der Waals surface area (Å²) in [6.07, 6.45) is 69.1. The highest BCUT2D eigenvalue weighted by Crippen LogP contribution is 2.10. The fourth-order valence-electron chi connectivity index (χ4n) is 6.17. The fourth-order valence-corrected chi connectivity index (χ4v) is 6.17. The maximum Gasteiger partial charge on any atom is 0.306 e. The standard InChI is InChI=1S/C57H90O6/c1-4-7-10-13-16-19-22-24-26-28-30-32-35-38-41-44-47-50-56(59)62-53-54(52-61-55(58)49-46-43-40-37-34-21-18-15-12-9-6-3)63-57(60)51-48-45-42-39-36-33-31-29-27-25-23-20-17-14-11-8-5-2/h7,10,15-16,18-19,21,24-27,30-34,38-39,41-42,54H,4-6,8-9,11-14,17,20,22-23,28-29,35-37,40,43-53H2,1-3H3/b10-7-,18-15-,19-16-,26-24-,27-25-,32-30-,33-31-,34-21-,41-38-,42-39-. The van der Waals surface area contributed by atoms with Gasteiger partial charge in [-0.15, -0.1) is 0 Å². The van der Waals surface area contributed by atoms with Crippen LogP contribution in [-0.4, -0.2) is 37.2 Å². The Kier molecular flexibility index (Phi) is 47.1. The van der Waals surface area contributed by atoms with Crippen molar-refractivity contribution in [1.82, 2.24) is 0 Å². The van der Waals surface area contributed by atoms with Gasteiger partial charge in [-0.1, -0.05) is 194 Å². The van der Waals surface area contributed by atoms with E-state index in [-0.39, 0.29) is 44.0 Å². The Morgan fingerprint density at radius 3 is 1.17 bits per heavy atom. The van der Waals surface area contributed by atoms with Crippen molar-refractivity contribution in [2.75, 3.05) is 13.2 Å². The van der Waals surface area contributed by atoms with Crippen molar-refractivity contribution in [3.05, 3.63) is 122 Å². The van der Waals surface area contributed by atoms with E-state index in [1.54, 1.807) is 0 Å². The van der Waals surface area contributed by atoms with Gasteiger partial charge in [0.25, 0.3) is 0 Å². The van der Waals surface area contributed by atoms with Crippen LogP contribution in [0.15, 0.2) is 122 Å². The minimum atomic E-state index is -0.840. The molecule has 0 saturated heterocycles. The normalized spacial score (nSPS) is 13.1. The molecule has 1 unspecified atom stereocenters. The van der Waals surface area contributed by atoms with Crippen molar-refractivity contribution < 1.29 is 28.6 Å². The number of unbranched alkanes of at least 4 members (excludes halogenated alkanes) is 13. The van der Waals surface area contributed by atoms with Gasteiger partial charge < -0.3 is 14.2 Å². The van der Waals surface area contributed by atoms with E-state index in [1.165, 1.54) is 57.8 Å². The summed E-state index contributed by atoms with van der Waals surface area (Å²) < 4.78 is 16.6. The number of carbonyl (C=O) groups excluding carboxylic acids is 3. The van der Waals surface area contributed by atoms with Crippen molar-refractivity contribution in [1.29, 1.82) is 0 Å². The molecule has 0 saturated carbocycles. The molecule has 0 heterocycles. The molecular weight excluding hydrogens is 781 g/mol. The van der Waals surface area contributed by atoms with E-state index in [4.69, 9.17) is 14.2 Å². The van der Waals surface area contributed by atoms with Crippen molar-refractivity contribution in [2.24, 2.45) is 0 Å². The smallest absolute Gasteiger partial charge is 0.306 e. The SMILES string of the molecule is CC/C=C\C/C=C\C/C=C\C/C=C\C/C=C\CCCC(=O)OCC(COC(=O)CCCCC/C=C\C=C/CCCC)OC(=O)CCC/C=C\C/C=C\C/C=C\CCCCCCCC. The van der Waals surface area contributed by atoms with Crippen LogP contribution in [0, 0.1) is 0 Å². The molecule has 6 nitrogen and oxygen atoms in total. The lowest BCUT2D eigenvalue weighted by Gasteiger charge is -2.18. The summed E-state index contributed by atoms with van der Waals surface area (Å²) in [7, 11) is 0. The topological polar surface area (TPSA) is 78.9 Å². The second-order valence-electron chi connectivity index (χ2n) is 16.0. The quantitative estimate of drug-likeness (QED) is 0.0200. The summed E-state index contributed by atoms with van der Waals surface area (Å²) in [4.78, 5) is 37.9. The Balaban J connectivity index is 4.60. The first kappa shape index (κ1) is 58.8. The molecule has 0 aromatic rings. The predicted molar refractivity (Wildman–Crippen MR) is 269 cm³/mol. The minimum Gasteiger partial charge on any atom is -0.462 e. The second-order valence-corrected chi connectivity index (χ2v) is 16.0. The van der Waals surface area contributed by atoms with Gasteiger partial charge >= 0.3 is 17.9 Å². The van der Waals surface area contributed by atoms with E-state index in [2.05, 4.69) is 142 Å². The monoisotopic (exact) mass is 871 g/mol. The lowest BCUT2D eigenvalue weighted by molar-refractivity contribution is -0.167. The van der Waals surface area contributed by atoms with Gasteiger partial charge in [-0.2, -0.15) is 0 Å². The zero-order valence-electron chi connectivity index (χ0n) is 40.3. The molecule has 0 radical (unpaired) electrons. The highest BCUT2D eigenvalue weighted by atomic mass is 16.6. The first-order valence-electron chi connectivity index (χ1n) is 25.1. The molecule has 0 N–H and O–H groups in total. The van der Waals surface area contributed by atoms with Crippen LogP contribution in [0.3, 0.4) is 0 Å². The molecule has 0 amide bonds. The molecule has 0 aromatic heterocycles. The molecule has 354 valence electrons.